The summed E-state index contributed by atoms with van der Waals surface area (Å²) in [6, 6.07) is 14.9. The van der Waals surface area contributed by atoms with Gasteiger partial charge in [-0.05, 0) is 43.9 Å². The number of rotatable bonds is 6. The Kier molecular flexibility index (Phi) is 9.23. The van der Waals surface area contributed by atoms with Crippen molar-refractivity contribution in [2.75, 3.05) is 14.1 Å². The Balaban J connectivity index is 0.000000416. The van der Waals surface area contributed by atoms with E-state index < -0.39 is 11.9 Å². The molecule has 2 rings (SSSR count). The van der Waals surface area contributed by atoms with E-state index in [0.29, 0.717) is 34.2 Å². The average Bonchev–Trinajstić information content (AvgIpc) is 2.60. The molecule has 0 fully saturated rings. The standard InChI is InChI=1S/C16H15ClN2O.C4H4O4/c1-19(2)11-12-4-3-5-15(8-12)20-16-9-14(17)7-6-13(16)10-18;5-3(6)1-2-4(7)8/h3-9H,11H2,1-2H3;1-2H,(H,5,6)(H,7,8). The maximum absolute atomic E-state index is 9.55. The van der Waals surface area contributed by atoms with E-state index in [9.17, 15) is 9.59 Å². The summed E-state index contributed by atoms with van der Waals surface area (Å²) in [5, 5.41) is 25.3. The normalized spacial score (nSPS) is 10.1. The molecule has 0 unspecified atom stereocenters. The van der Waals surface area contributed by atoms with Crippen LogP contribution in [0.3, 0.4) is 0 Å². The van der Waals surface area contributed by atoms with Crippen LogP contribution >= 0.6 is 11.6 Å². The number of halogens is 1. The maximum atomic E-state index is 9.55. The predicted molar refractivity (Wildman–Crippen MR) is 104 cm³/mol. The van der Waals surface area contributed by atoms with Crippen LogP contribution in [0.15, 0.2) is 54.6 Å². The quantitative estimate of drug-likeness (QED) is 0.707. The first-order valence-corrected chi connectivity index (χ1v) is 8.34. The molecular formula is C20H19ClN2O5. The Hall–Kier alpha value is -3.34. The summed E-state index contributed by atoms with van der Waals surface area (Å²) in [5.74, 6) is -1.34. The van der Waals surface area contributed by atoms with Crippen LogP contribution in [0.4, 0.5) is 0 Å². The SMILES string of the molecule is CN(C)Cc1cccc(Oc2cc(Cl)ccc2C#N)c1.O=C(O)C=CC(=O)O. The van der Waals surface area contributed by atoms with Crippen LogP contribution in [0.25, 0.3) is 0 Å². The van der Waals surface area contributed by atoms with Crippen LogP contribution < -0.4 is 4.74 Å². The third kappa shape index (κ3) is 8.85. The Bertz CT molecular complexity index is 888. The van der Waals surface area contributed by atoms with Crippen molar-refractivity contribution in [2.24, 2.45) is 0 Å². The van der Waals surface area contributed by atoms with Gasteiger partial charge < -0.3 is 19.8 Å². The molecule has 2 N–H and O–H groups in total. The maximum Gasteiger partial charge on any atom is 0.328 e. The lowest BCUT2D eigenvalue weighted by Gasteiger charge is -2.12. The van der Waals surface area contributed by atoms with Crippen molar-refractivity contribution in [3.63, 3.8) is 0 Å². The van der Waals surface area contributed by atoms with Crippen LogP contribution in [0, 0.1) is 11.3 Å². The van der Waals surface area contributed by atoms with Crippen LogP contribution in [-0.4, -0.2) is 41.1 Å². The molecule has 0 aliphatic rings. The van der Waals surface area contributed by atoms with Crippen molar-refractivity contribution in [1.29, 1.82) is 5.26 Å². The first kappa shape index (κ1) is 22.7. The highest BCUT2D eigenvalue weighted by Gasteiger charge is 2.06. The van der Waals surface area contributed by atoms with Crippen LogP contribution in [0.2, 0.25) is 5.02 Å². The molecule has 0 aliphatic carbocycles. The monoisotopic (exact) mass is 402 g/mol. The van der Waals surface area contributed by atoms with Gasteiger partial charge in [0, 0.05) is 29.8 Å². The number of nitrogens with zero attached hydrogens (tertiary/aromatic N) is 2. The molecule has 0 aromatic heterocycles. The smallest absolute Gasteiger partial charge is 0.328 e. The number of nitriles is 1. The van der Waals surface area contributed by atoms with Crippen LogP contribution in [0.1, 0.15) is 11.1 Å². The van der Waals surface area contributed by atoms with E-state index in [1.807, 2.05) is 38.4 Å². The molecule has 2 aromatic rings. The van der Waals surface area contributed by atoms with E-state index in [-0.39, 0.29) is 0 Å². The Morgan fingerprint density at radius 1 is 1.14 bits per heavy atom. The molecule has 0 saturated heterocycles. The Morgan fingerprint density at radius 2 is 1.79 bits per heavy atom. The molecule has 7 nitrogen and oxygen atoms in total. The molecule has 8 heteroatoms. The molecule has 146 valence electrons. The summed E-state index contributed by atoms with van der Waals surface area (Å²) in [6.07, 6.45) is 1.12. The minimum Gasteiger partial charge on any atom is -0.478 e. The lowest BCUT2D eigenvalue weighted by Crippen LogP contribution is -2.10. The van der Waals surface area contributed by atoms with E-state index in [1.165, 1.54) is 0 Å². The zero-order valence-electron chi connectivity index (χ0n) is 15.3. The van der Waals surface area contributed by atoms with Gasteiger partial charge in [0.1, 0.15) is 17.6 Å². The lowest BCUT2D eigenvalue weighted by atomic mass is 10.2. The molecule has 0 amide bonds. The number of carboxylic acids is 2. The van der Waals surface area contributed by atoms with Crippen molar-refractivity contribution >= 4 is 23.5 Å². The second kappa shape index (κ2) is 11.4. The van der Waals surface area contributed by atoms with Gasteiger partial charge in [0.15, 0.2) is 0 Å². The van der Waals surface area contributed by atoms with Gasteiger partial charge in [-0.15, -0.1) is 0 Å². The zero-order valence-corrected chi connectivity index (χ0v) is 16.1. The lowest BCUT2D eigenvalue weighted by molar-refractivity contribution is -0.134. The summed E-state index contributed by atoms with van der Waals surface area (Å²) >= 11 is 5.94. The van der Waals surface area contributed by atoms with Gasteiger partial charge in [-0.3, -0.25) is 0 Å². The zero-order chi connectivity index (χ0) is 21.1. The Labute approximate surface area is 167 Å². The Morgan fingerprint density at radius 3 is 2.32 bits per heavy atom. The van der Waals surface area contributed by atoms with E-state index in [4.69, 9.17) is 31.8 Å². The van der Waals surface area contributed by atoms with E-state index in [1.54, 1.807) is 18.2 Å². The minimum absolute atomic E-state index is 0.465. The summed E-state index contributed by atoms with van der Waals surface area (Å²) in [4.78, 5) is 21.2. The van der Waals surface area contributed by atoms with Crippen molar-refractivity contribution < 1.29 is 24.5 Å². The van der Waals surface area contributed by atoms with Crippen molar-refractivity contribution in [3.8, 4) is 17.6 Å². The topological polar surface area (TPSA) is 111 Å². The van der Waals surface area contributed by atoms with E-state index in [0.717, 1.165) is 12.1 Å². The second-order valence-corrected chi connectivity index (χ2v) is 6.19. The molecule has 0 spiro atoms. The number of hydrogen-bond donors (Lipinski definition) is 2. The highest BCUT2D eigenvalue weighted by atomic mass is 35.5. The van der Waals surface area contributed by atoms with Gasteiger partial charge in [0.25, 0.3) is 0 Å². The summed E-state index contributed by atoms with van der Waals surface area (Å²) in [5.41, 5.74) is 1.61. The molecule has 28 heavy (non-hydrogen) atoms. The van der Waals surface area contributed by atoms with Gasteiger partial charge in [-0.2, -0.15) is 5.26 Å². The van der Waals surface area contributed by atoms with Gasteiger partial charge in [-0.1, -0.05) is 23.7 Å². The molecule has 0 atom stereocenters. The van der Waals surface area contributed by atoms with Crippen molar-refractivity contribution in [1.82, 2.24) is 4.90 Å². The molecule has 0 heterocycles. The molecular weight excluding hydrogens is 384 g/mol. The predicted octanol–water partition coefficient (Wildman–Crippen LogP) is 3.78. The molecule has 0 aliphatic heterocycles. The third-order valence-electron chi connectivity index (χ3n) is 3.06. The first-order valence-electron chi connectivity index (χ1n) is 7.96. The van der Waals surface area contributed by atoms with E-state index in [2.05, 4.69) is 11.0 Å². The van der Waals surface area contributed by atoms with Crippen LogP contribution in [-0.2, 0) is 16.1 Å². The number of carboxylic acid groups (broad SMARTS) is 2. The van der Waals surface area contributed by atoms with Crippen LogP contribution in [0.5, 0.6) is 11.5 Å². The highest BCUT2D eigenvalue weighted by molar-refractivity contribution is 6.30. The van der Waals surface area contributed by atoms with Gasteiger partial charge >= 0.3 is 11.9 Å². The summed E-state index contributed by atoms with van der Waals surface area (Å²) < 4.78 is 5.78. The third-order valence-corrected chi connectivity index (χ3v) is 3.29. The fourth-order valence-corrected chi connectivity index (χ4v) is 2.18. The van der Waals surface area contributed by atoms with Crippen molar-refractivity contribution in [3.05, 3.63) is 70.8 Å². The number of hydrogen-bond acceptors (Lipinski definition) is 5. The fraction of sp³-hybridized carbons (Fsp3) is 0.150. The first-order chi connectivity index (χ1) is 13.2. The fourth-order valence-electron chi connectivity index (χ4n) is 2.02. The minimum atomic E-state index is -1.26. The largest absolute Gasteiger partial charge is 0.478 e. The number of carbonyl (C=O) groups is 2. The summed E-state index contributed by atoms with van der Waals surface area (Å²) in [7, 11) is 4.02. The average molecular weight is 403 g/mol. The van der Waals surface area contributed by atoms with Gasteiger partial charge in [-0.25, -0.2) is 9.59 Å². The molecule has 0 bridgehead atoms. The van der Waals surface area contributed by atoms with Crippen molar-refractivity contribution in [2.45, 2.75) is 6.54 Å². The molecule has 0 saturated carbocycles. The number of benzene rings is 2. The second-order valence-electron chi connectivity index (χ2n) is 5.75. The van der Waals surface area contributed by atoms with E-state index >= 15 is 0 Å². The summed E-state index contributed by atoms with van der Waals surface area (Å²) in [6.45, 7) is 0.831. The number of aliphatic carboxylic acids is 2. The molecule has 0 radical (unpaired) electrons. The highest BCUT2D eigenvalue weighted by Crippen LogP contribution is 2.28. The molecule has 2 aromatic carbocycles. The number of ether oxygens (including phenoxy) is 1. The van der Waals surface area contributed by atoms with Gasteiger partial charge in [0.05, 0.1) is 5.56 Å². The van der Waals surface area contributed by atoms with Gasteiger partial charge in [0.2, 0.25) is 0 Å².